The summed E-state index contributed by atoms with van der Waals surface area (Å²) in [6.07, 6.45) is 2.08. The summed E-state index contributed by atoms with van der Waals surface area (Å²) in [6.45, 7) is 4.18. The summed E-state index contributed by atoms with van der Waals surface area (Å²) in [5.41, 5.74) is 1.04. The number of likely N-dealkylation sites (tertiary alicyclic amines) is 1. The van der Waals surface area contributed by atoms with Gasteiger partial charge in [0, 0.05) is 13.1 Å². The highest BCUT2D eigenvalue weighted by molar-refractivity contribution is 5.91. The molecule has 5 nitrogen and oxygen atoms in total. The van der Waals surface area contributed by atoms with Gasteiger partial charge in [-0.1, -0.05) is 37.3 Å². The van der Waals surface area contributed by atoms with E-state index in [9.17, 15) is 4.79 Å². The molecule has 0 unspecified atom stereocenters. The van der Waals surface area contributed by atoms with Gasteiger partial charge >= 0.3 is 0 Å². The third-order valence-electron chi connectivity index (χ3n) is 4.00. The molecule has 116 valence electrons. The van der Waals surface area contributed by atoms with Gasteiger partial charge in [0.25, 0.3) is 11.8 Å². The summed E-state index contributed by atoms with van der Waals surface area (Å²) in [5, 5.41) is 3.82. The zero-order chi connectivity index (χ0) is 15.4. The van der Waals surface area contributed by atoms with Gasteiger partial charge < -0.3 is 14.2 Å². The van der Waals surface area contributed by atoms with Gasteiger partial charge in [0.05, 0.1) is 6.07 Å². The molecule has 1 amide bonds. The van der Waals surface area contributed by atoms with Crippen LogP contribution in [0.2, 0.25) is 0 Å². The standard InChI is InChI=1S/C17H20N2O3/c1-13-7-9-19(10-8-13)17(20)15-11-16(18-22-15)21-12-14-5-3-2-4-6-14/h2-6,11,13H,7-10,12H2,1H3. The van der Waals surface area contributed by atoms with Crippen LogP contribution in [0.4, 0.5) is 0 Å². The first kappa shape index (κ1) is 14.6. The maximum Gasteiger partial charge on any atom is 0.292 e. The lowest BCUT2D eigenvalue weighted by molar-refractivity contribution is 0.0655. The van der Waals surface area contributed by atoms with Gasteiger partial charge in [-0.2, -0.15) is 0 Å². The third kappa shape index (κ3) is 3.47. The highest BCUT2D eigenvalue weighted by atomic mass is 16.5. The van der Waals surface area contributed by atoms with E-state index in [0.29, 0.717) is 18.4 Å². The number of amides is 1. The number of hydrogen-bond acceptors (Lipinski definition) is 4. The quantitative estimate of drug-likeness (QED) is 0.870. The number of benzene rings is 1. The molecule has 5 heteroatoms. The predicted octanol–water partition coefficient (Wildman–Crippen LogP) is 3.13. The van der Waals surface area contributed by atoms with Crippen LogP contribution >= 0.6 is 0 Å². The lowest BCUT2D eigenvalue weighted by Gasteiger charge is -2.29. The molecular formula is C17H20N2O3. The largest absolute Gasteiger partial charge is 0.471 e. The summed E-state index contributed by atoms with van der Waals surface area (Å²) in [4.78, 5) is 14.2. The van der Waals surface area contributed by atoms with E-state index >= 15 is 0 Å². The second-order valence-corrected chi connectivity index (χ2v) is 5.78. The van der Waals surface area contributed by atoms with E-state index in [1.54, 1.807) is 6.07 Å². The molecule has 22 heavy (non-hydrogen) atoms. The summed E-state index contributed by atoms with van der Waals surface area (Å²) < 4.78 is 10.7. The first-order valence-corrected chi connectivity index (χ1v) is 7.65. The summed E-state index contributed by atoms with van der Waals surface area (Å²) >= 11 is 0. The van der Waals surface area contributed by atoms with Crippen LogP contribution in [0, 0.1) is 5.92 Å². The van der Waals surface area contributed by atoms with Crippen molar-refractivity contribution in [3.8, 4) is 5.88 Å². The second kappa shape index (κ2) is 6.64. The Morgan fingerprint density at radius 1 is 1.32 bits per heavy atom. The summed E-state index contributed by atoms with van der Waals surface area (Å²) in [6, 6.07) is 11.4. The molecule has 1 aromatic heterocycles. The van der Waals surface area contributed by atoms with Crippen molar-refractivity contribution in [3.63, 3.8) is 0 Å². The van der Waals surface area contributed by atoms with E-state index in [-0.39, 0.29) is 11.7 Å². The van der Waals surface area contributed by atoms with Crippen molar-refractivity contribution in [1.29, 1.82) is 0 Å². The van der Waals surface area contributed by atoms with Crippen molar-refractivity contribution in [3.05, 3.63) is 47.7 Å². The van der Waals surface area contributed by atoms with Crippen LogP contribution in [0.25, 0.3) is 0 Å². The van der Waals surface area contributed by atoms with Crippen LogP contribution in [0.3, 0.4) is 0 Å². The van der Waals surface area contributed by atoms with Gasteiger partial charge in [0.2, 0.25) is 5.76 Å². The van der Waals surface area contributed by atoms with E-state index in [1.165, 1.54) is 0 Å². The molecule has 0 saturated carbocycles. The Kier molecular flexibility index (Phi) is 4.42. The van der Waals surface area contributed by atoms with Gasteiger partial charge in [-0.3, -0.25) is 4.79 Å². The lowest BCUT2D eigenvalue weighted by Crippen LogP contribution is -2.37. The number of carbonyl (C=O) groups excluding carboxylic acids is 1. The van der Waals surface area contributed by atoms with Crippen molar-refractivity contribution >= 4 is 5.91 Å². The molecule has 1 aliphatic heterocycles. The Morgan fingerprint density at radius 3 is 2.77 bits per heavy atom. The third-order valence-corrected chi connectivity index (χ3v) is 4.00. The highest BCUT2D eigenvalue weighted by Crippen LogP contribution is 2.20. The predicted molar refractivity (Wildman–Crippen MR) is 81.6 cm³/mol. The van der Waals surface area contributed by atoms with Gasteiger partial charge in [-0.05, 0) is 29.5 Å². The van der Waals surface area contributed by atoms with E-state index in [0.717, 1.165) is 31.5 Å². The van der Waals surface area contributed by atoms with Crippen LogP contribution in [-0.4, -0.2) is 29.1 Å². The molecule has 1 aliphatic rings. The Morgan fingerprint density at radius 2 is 2.05 bits per heavy atom. The number of rotatable bonds is 4. The van der Waals surface area contributed by atoms with Crippen LogP contribution in [0.5, 0.6) is 5.88 Å². The van der Waals surface area contributed by atoms with Crippen molar-refractivity contribution in [2.45, 2.75) is 26.4 Å². The van der Waals surface area contributed by atoms with Crippen molar-refractivity contribution in [2.75, 3.05) is 13.1 Å². The number of nitrogens with zero attached hydrogens (tertiary/aromatic N) is 2. The molecule has 2 aromatic rings. The number of hydrogen-bond donors (Lipinski definition) is 0. The number of piperidine rings is 1. The van der Waals surface area contributed by atoms with E-state index < -0.39 is 0 Å². The van der Waals surface area contributed by atoms with Gasteiger partial charge in [-0.25, -0.2) is 0 Å². The molecule has 0 N–H and O–H groups in total. The van der Waals surface area contributed by atoms with Crippen molar-refractivity contribution in [1.82, 2.24) is 10.1 Å². The monoisotopic (exact) mass is 300 g/mol. The van der Waals surface area contributed by atoms with E-state index in [1.807, 2.05) is 35.2 Å². The highest BCUT2D eigenvalue weighted by Gasteiger charge is 2.24. The first-order valence-electron chi connectivity index (χ1n) is 7.65. The Labute approximate surface area is 129 Å². The lowest BCUT2D eigenvalue weighted by atomic mass is 9.99. The van der Waals surface area contributed by atoms with Crippen LogP contribution in [-0.2, 0) is 6.61 Å². The van der Waals surface area contributed by atoms with E-state index in [2.05, 4.69) is 12.1 Å². The maximum atomic E-state index is 12.3. The average molecular weight is 300 g/mol. The minimum absolute atomic E-state index is 0.103. The topological polar surface area (TPSA) is 55.6 Å². The van der Waals surface area contributed by atoms with Gasteiger partial charge in [-0.15, -0.1) is 0 Å². The van der Waals surface area contributed by atoms with Crippen LogP contribution < -0.4 is 4.74 Å². The maximum absolute atomic E-state index is 12.3. The molecule has 0 atom stereocenters. The second-order valence-electron chi connectivity index (χ2n) is 5.78. The first-order chi connectivity index (χ1) is 10.7. The Hall–Kier alpha value is -2.30. The molecule has 0 aliphatic carbocycles. The van der Waals surface area contributed by atoms with Crippen molar-refractivity contribution < 1.29 is 14.1 Å². The Balaban J connectivity index is 1.57. The number of aromatic nitrogens is 1. The molecule has 0 spiro atoms. The molecule has 2 heterocycles. The minimum atomic E-state index is -0.103. The zero-order valence-electron chi connectivity index (χ0n) is 12.7. The average Bonchev–Trinajstić information content (AvgIpc) is 3.03. The van der Waals surface area contributed by atoms with Crippen LogP contribution in [0.1, 0.15) is 35.9 Å². The van der Waals surface area contributed by atoms with E-state index in [4.69, 9.17) is 9.26 Å². The Bertz CT molecular complexity index is 616. The molecule has 3 rings (SSSR count). The minimum Gasteiger partial charge on any atom is -0.471 e. The van der Waals surface area contributed by atoms with Crippen molar-refractivity contribution in [2.24, 2.45) is 5.92 Å². The molecule has 1 fully saturated rings. The van der Waals surface area contributed by atoms with Gasteiger partial charge in [0.15, 0.2) is 0 Å². The summed E-state index contributed by atoms with van der Waals surface area (Å²) in [5.74, 6) is 1.17. The van der Waals surface area contributed by atoms with Gasteiger partial charge in [0.1, 0.15) is 6.61 Å². The summed E-state index contributed by atoms with van der Waals surface area (Å²) in [7, 11) is 0. The smallest absolute Gasteiger partial charge is 0.292 e. The molecule has 1 saturated heterocycles. The fourth-order valence-corrected chi connectivity index (χ4v) is 2.53. The number of carbonyl (C=O) groups is 1. The zero-order valence-corrected chi connectivity index (χ0v) is 12.7. The molecule has 0 radical (unpaired) electrons. The SMILES string of the molecule is CC1CCN(C(=O)c2cc(OCc3ccccc3)no2)CC1. The van der Waals surface area contributed by atoms with Crippen LogP contribution in [0.15, 0.2) is 40.9 Å². The molecule has 1 aromatic carbocycles. The molecular weight excluding hydrogens is 280 g/mol. The fourth-order valence-electron chi connectivity index (χ4n) is 2.53. The fraction of sp³-hybridized carbons (Fsp3) is 0.412. The molecule has 0 bridgehead atoms. The normalized spacial score (nSPS) is 15.8. The number of ether oxygens (including phenoxy) is 1.